The van der Waals surface area contributed by atoms with Gasteiger partial charge in [-0.25, -0.2) is 0 Å². The third-order valence-electron chi connectivity index (χ3n) is 4.89. The fraction of sp³-hybridized carbons (Fsp3) is 0.400. The van der Waals surface area contributed by atoms with E-state index in [0.717, 1.165) is 31.2 Å². The number of rotatable bonds is 5. The topological polar surface area (TPSA) is 43.4 Å². The van der Waals surface area contributed by atoms with Crippen molar-refractivity contribution in [1.82, 2.24) is 0 Å². The molecule has 0 amide bonds. The van der Waals surface area contributed by atoms with Crippen molar-refractivity contribution in [2.75, 3.05) is 6.61 Å². The highest BCUT2D eigenvalue weighted by Gasteiger charge is 2.24. The lowest BCUT2D eigenvalue weighted by atomic mass is 9.79. The summed E-state index contributed by atoms with van der Waals surface area (Å²) in [7, 11) is -3.64. The molecule has 0 aromatic heterocycles. The van der Waals surface area contributed by atoms with E-state index in [1.54, 1.807) is 24.3 Å². The molecule has 0 bridgehead atoms. The van der Waals surface area contributed by atoms with Gasteiger partial charge < -0.3 is 0 Å². The van der Waals surface area contributed by atoms with Gasteiger partial charge in [0.15, 0.2) is 0 Å². The Labute approximate surface area is 144 Å². The van der Waals surface area contributed by atoms with Crippen LogP contribution in [0.2, 0.25) is 0 Å². The first-order chi connectivity index (χ1) is 11.5. The van der Waals surface area contributed by atoms with Crippen LogP contribution in [0.5, 0.6) is 0 Å². The number of benzene rings is 2. The summed E-state index contributed by atoms with van der Waals surface area (Å²) in [6.45, 7) is 2.22. The molecule has 0 aliphatic heterocycles. The summed E-state index contributed by atoms with van der Waals surface area (Å²) in [5.41, 5.74) is 2.43. The van der Waals surface area contributed by atoms with Crippen LogP contribution in [0.4, 0.5) is 0 Å². The molecular weight excluding hydrogens is 320 g/mol. The Balaban J connectivity index is 1.52. The summed E-state index contributed by atoms with van der Waals surface area (Å²) in [5, 5.41) is 0. The Kier molecular flexibility index (Phi) is 5.36. The number of hydrogen-bond donors (Lipinski definition) is 0. The Hall–Kier alpha value is -1.65. The minimum atomic E-state index is -3.64. The summed E-state index contributed by atoms with van der Waals surface area (Å²) in [4.78, 5) is 0.242. The van der Waals surface area contributed by atoms with E-state index < -0.39 is 10.1 Å². The highest BCUT2D eigenvalue weighted by molar-refractivity contribution is 7.86. The van der Waals surface area contributed by atoms with Gasteiger partial charge in [0.25, 0.3) is 10.1 Å². The van der Waals surface area contributed by atoms with Gasteiger partial charge in [-0.15, -0.1) is 0 Å². The molecule has 3 rings (SSSR count). The molecule has 0 unspecified atom stereocenters. The first-order valence-corrected chi connectivity index (χ1v) is 9.96. The normalized spacial score (nSPS) is 21.5. The SMILES string of the molecule is Cc1ccc(S(=O)(=O)OCC2CCC(c3ccccc3)CC2)cc1. The molecule has 1 fully saturated rings. The van der Waals surface area contributed by atoms with Crippen LogP contribution in [0.25, 0.3) is 0 Å². The van der Waals surface area contributed by atoms with Gasteiger partial charge in [-0.05, 0) is 62.1 Å². The van der Waals surface area contributed by atoms with E-state index in [-0.39, 0.29) is 11.5 Å². The van der Waals surface area contributed by atoms with Crippen LogP contribution >= 0.6 is 0 Å². The molecule has 1 saturated carbocycles. The molecule has 2 aromatic carbocycles. The first-order valence-electron chi connectivity index (χ1n) is 8.55. The van der Waals surface area contributed by atoms with Crippen LogP contribution < -0.4 is 0 Å². The van der Waals surface area contributed by atoms with Crippen molar-refractivity contribution in [3.8, 4) is 0 Å². The fourth-order valence-corrected chi connectivity index (χ4v) is 4.32. The van der Waals surface area contributed by atoms with Crippen molar-refractivity contribution in [2.45, 2.75) is 43.4 Å². The van der Waals surface area contributed by atoms with Gasteiger partial charge in [-0.2, -0.15) is 8.42 Å². The van der Waals surface area contributed by atoms with Crippen molar-refractivity contribution in [2.24, 2.45) is 5.92 Å². The van der Waals surface area contributed by atoms with E-state index in [4.69, 9.17) is 4.18 Å². The van der Waals surface area contributed by atoms with E-state index in [9.17, 15) is 8.42 Å². The fourth-order valence-electron chi connectivity index (χ4n) is 3.35. The van der Waals surface area contributed by atoms with Crippen LogP contribution in [0.1, 0.15) is 42.7 Å². The molecule has 4 heteroatoms. The second-order valence-corrected chi connectivity index (χ2v) is 8.30. The van der Waals surface area contributed by atoms with Gasteiger partial charge in [0.05, 0.1) is 11.5 Å². The van der Waals surface area contributed by atoms with Gasteiger partial charge in [-0.3, -0.25) is 4.18 Å². The van der Waals surface area contributed by atoms with Gasteiger partial charge in [0.1, 0.15) is 0 Å². The predicted octanol–water partition coefficient (Wildman–Crippen LogP) is 4.67. The lowest BCUT2D eigenvalue weighted by molar-refractivity contribution is 0.204. The first kappa shape index (κ1) is 17.2. The molecule has 1 aliphatic rings. The molecule has 0 atom stereocenters. The quantitative estimate of drug-likeness (QED) is 0.740. The Morgan fingerprint density at radius 1 is 0.917 bits per heavy atom. The predicted molar refractivity (Wildman–Crippen MR) is 95.5 cm³/mol. The summed E-state index contributed by atoms with van der Waals surface area (Å²) in [6.07, 6.45) is 4.23. The maximum atomic E-state index is 12.2. The zero-order valence-electron chi connectivity index (χ0n) is 14.0. The van der Waals surface area contributed by atoms with Crippen molar-refractivity contribution < 1.29 is 12.6 Å². The summed E-state index contributed by atoms with van der Waals surface area (Å²) >= 11 is 0. The molecule has 0 radical (unpaired) electrons. The molecular formula is C20H24O3S. The minimum absolute atomic E-state index is 0.242. The van der Waals surface area contributed by atoms with Crippen LogP contribution in [-0.4, -0.2) is 15.0 Å². The van der Waals surface area contributed by atoms with E-state index in [2.05, 4.69) is 24.3 Å². The standard InChI is InChI=1S/C20H24O3S/c1-16-7-13-20(14-8-16)24(21,22)23-15-17-9-11-19(12-10-17)18-5-3-2-4-6-18/h2-8,13-14,17,19H,9-12,15H2,1H3. The van der Waals surface area contributed by atoms with Crippen LogP contribution in [-0.2, 0) is 14.3 Å². The summed E-state index contributed by atoms with van der Waals surface area (Å²) in [6, 6.07) is 17.4. The van der Waals surface area contributed by atoms with Gasteiger partial charge in [-0.1, -0.05) is 48.0 Å². The molecule has 0 saturated heterocycles. The third kappa shape index (κ3) is 4.25. The van der Waals surface area contributed by atoms with Crippen molar-refractivity contribution in [1.29, 1.82) is 0 Å². The maximum Gasteiger partial charge on any atom is 0.296 e. The van der Waals surface area contributed by atoms with E-state index >= 15 is 0 Å². The maximum absolute atomic E-state index is 12.2. The van der Waals surface area contributed by atoms with Crippen LogP contribution in [0, 0.1) is 12.8 Å². The average molecular weight is 344 g/mol. The van der Waals surface area contributed by atoms with Crippen molar-refractivity contribution >= 4 is 10.1 Å². The second kappa shape index (κ2) is 7.49. The van der Waals surface area contributed by atoms with Crippen LogP contribution in [0.3, 0.4) is 0 Å². The average Bonchev–Trinajstić information content (AvgIpc) is 2.62. The van der Waals surface area contributed by atoms with E-state index in [1.807, 2.05) is 13.0 Å². The largest absolute Gasteiger partial charge is 0.296 e. The monoisotopic (exact) mass is 344 g/mol. The molecule has 0 heterocycles. The van der Waals surface area contributed by atoms with Gasteiger partial charge in [0, 0.05) is 0 Å². The Morgan fingerprint density at radius 2 is 1.54 bits per heavy atom. The number of aryl methyl sites for hydroxylation is 1. The van der Waals surface area contributed by atoms with Crippen LogP contribution in [0.15, 0.2) is 59.5 Å². The van der Waals surface area contributed by atoms with Gasteiger partial charge >= 0.3 is 0 Å². The molecule has 2 aromatic rings. The lowest BCUT2D eigenvalue weighted by Gasteiger charge is -2.28. The number of hydrogen-bond acceptors (Lipinski definition) is 3. The third-order valence-corrected chi connectivity index (χ3v) is 6.18. The zero-order chi connectivity index (χ0) is 17.0. The highest BCUT2D eigenvalue weighted by Crippen LogP contribution is 2.36. The second-order valence-electron chi connectivity index (χ2n) is 6.68. The van der Waals surface area contributed by atoms with E-state index in [1.165, 1.54) is 5.56 Å². The molecule has 128 valence electrons. The van der Waals surface area contributed by atoms with E-state index in [0.29, 0.717) is 11.8 Å². The molecule has 24 heavy (non-hydrogen) atoms. The van der Waals surface area contributed by atoms with Gasteiger partial charge in [0.2, 0.25) is 0 Å². The Morgan fingerprint density at radius 3 is 2.17 bits per heavy atom. The molecule has 0 N–H and O–H groups in total. The van der Waals surface area contributed by atoms with Crippen molar-refractivity contribution in [3.63, 3.8) is 0 Å². The van der Waals surface area contributed by atoms with Crippen molar-refractivity contribution in [3.05, 3.63) is 65.7 Å². The summed E-state index contributed by atoms with van der Waals surface area (Å²) < 4.78 is 29.8. The smallest absolute Gasteiger partial charge is 0.266 e. The highest BCUT2D eigenvalue weighted by atomic mass is 32.2. The summed E-state index contributed by atoms with van der Waals surface area (Å²) in [5.74, 6) is 0.918. The molecule has 3 nitrogen and oxygen atoms in total. The Bertz CT molecular complexity index is 743. The molecule has 1 aliphatic carbocycles. The lowest BCUT2D eigenvalue weighted by Crippen LogP contribution is -2.20. The zero-order valence-corrected chi connectivity index (χ0v) is 14.8. The minimum Gasteiger partial charge on any atom is -0.266 e. The molecule has 0 spiro atoms.